The van der Waals surface area contributed by atoms with Gasteiger partial charge in [0, 0.05) is 0 Å². The molecule has 0 heterocycles. The van der Waals surface area contributed by atoms with E-state index in [0.717, 1.165) is 17.7 Å². The zero-order chi connectivity index (χ0) is 10.6. The average Bonchev–Trinajstić information content (AvgIpc) is 2.20. The number of nitriles is 1. The van der Waals surface area contributed by atoms with Crippen molar-refractivity contribution in [1.29, 1.82) is 5.26 Å². The van der Waals surface area contributed by atoms with Crippen LogP contribution < -0.4 is 4.74 Å². The van der Waals surface area contributed by atoms with Crippen molar-refractivity contribution in [2.75, 3.05) is 0 Å². The Balaban J connectivity index is 2.85. The van der Waals surface area contributed by atoms with E-state index >= 15 is 0 Å². The predicted molar refractivity (Wildman–Crippen MR) is 56.3 cm³/mol. The zero-order valence-electron chi connectivity index (χ0n) is 8.87. The van der Waals surface area contributed by atoms with Crippen LogP contribution in [0.4, 0.5) is 0 Å². The van der Waals surface area contributed by atoms with Gasteiger partial charge in [0.05, 0.1) is 17.7 Å². The van der Waals surface area contributed by atoms with Crippen LogP contribution in [0.1, 0.15) is 31.4 Å². The third kappa shape index (κ3) is 2.50. The molecule has 0 saturated carbocycles. The van der Waals surface area contributed by atoms with Crippen molar-refractivity contribution in [3.8, 4) is 11.8 Å². The maximum absolute atomic E-state index is 8.69. The molecule has 0 aliphatic carbocycles. The third-order valence-electron chi connectivity index (χ3n) is 2.21. The van der Waals surface area contributed by atoms with Crippen LogP contribution in [-0.2, 0) is 0 Å². The monoisotopic (exact) mass is 189 g/mol. The Hall–Kier alpha value is -1.49. The van der Waals surface area contributed by atoms with E-state index < -0.39 is 0 Å². The Kier molecular flexibility index (Phi) is 3.53. The highest BCUT2D eigenvalue weighted by Crippen LogP contribution is 2.20. The van der Waals surface area contributed by atoms with Crippen molar-refractivity contribution in [1.82, 2.24) is 0 Å². The summed E-state index contributed by atoms with van der Waals surface area (Å²) in [6, 6.07) is 7.60. The van der Waals surface area contributed by atoms with Crippen LogP contribution in [0.15, 0.2) is 18.2 Å². The second-order valence-corrected chi connectivity index (χ2v) is 3.43. The SMILES string of the molecule is CCC(C)Oc1ccc(C#N)cc1C. The van der Waals surface area contributed by atoms with Crippen molar-refractivity contribution >= 4 is 0 Å². The third-order valence-corrected chi connectivity index (χ3v) is 2.21. The van der Waals surface area contributed by atoms with E-state index in [1.165, 1.54) is 0 Å². The van der Waals surface area contributed by atoms with Crippen LogP contribution in [0.3, 0.4) is 0 Å². The quantitative estimate of drug-likeness (QED) is 0.732. The highest BCUT2D eigenvalue weighted by Gasteiger charge is 2.04. The molecule has 2 nitrogen and oxygen atoms in total. The number of ether oxygens (including phenoxy) is 1. The van der Waals surface area contributed by atoms with Gasteiger partial charge in [0.2, 0.25) is 0 Å². The van der Waals surface area contributed by atoms with Crippen LogP contribution in [0.25, 0.3) is 0 Å². The molecule has 0 aliphatic heterocycles. The van der Waals surface area contributed by atoms with Crippen LogP contribution in [0.5, 0.6) is 5.75 Å². The Morgan fingerprint density at radius 2 is 2.21 bits per heavy atom. The fraction of sp³-hybridized carbons (Fsp3) is 0.417. The van der Waals surface area contributed by atoms with Crippen molar-refractivity contribution in [2.45, 2.75) is 33.3 Å². The minimum absolute atomic E-state index is 0.224. The van der Waals surface area contributed by atoms with E-state index in [4.69, 9.17) is 10.00 Å². The highest BCUT2D eigenvalue weighted by atomic mass is 16.5. The van der Waals surface area contributed by atoms with Gasteiger partial charge < -0.3 is 4.74 Å². The van der Waals surface area contributed by atoms with E-state index in [1.54, 1.807) is 6.07 Å². The molecule has 1 atom stereocenters. The van der Waals surface area contributed by atoms with Gasteiger partial charge >= 0.3 is 0 Å². The second-order valence-electron chi connectivity index (χ2n) is 3.43. The molecule has 0 amide bonds. The first-order valence-corrected chi connectivity index (χ1v) is 4.84. The first-order valence-electron chi connectivity index (χ1n) is 4.84. The Labute approximate surface area is 85.1 Å². The molecule has 2 heteroatoms. The number of benzene rings is 1. The van der Waals surface area contributed by atoms with E-state index in [0.29, 0.717) is 5.56 Å². The first-order chi connectivity index (χ1) is 6.67. The summed E-state index contributed by atoms with van der Waals surface area (Å²) in [5, 5.41) is 8.69. The van der Waals surface area contributed by atoms with Crippen molar-refractivity contribution in [3.63, 3.8) is 0 Å². The number of hydrogen-bond donors (Lipinski definition) is 0. The average molecular weight is 189 g/mol. The molecule has 74 valence electrons. The molecule has 1 aromatic rings. The molecule has 0 aliphatic rings. The maximum atomic E-state index is 8.69. The van der Waals surface area contributed by atoms with Crippen molar-refractivity contribution in [2.24, 2.45) is 0 Å². The van der Waals surface area contributed by atoms with Crippen molar-refractivity contribution in [3.05, 3.63) is 29.3 Å². The van der Waals surface area contributed by atoms with Gasteiger partial charge in [-0.15, -0.1) is 0 Å². The fourth-order valence-electron chi connectivity index (χ4n) is 1.15. The van der Waals surface area contributed by atoms with Gasteiger partial charge in [0.15, 0.2) is 0 Å². The molecule has 1 aromatic carbocycles. The standard InChI is InChI=1S/C12H15NO/c1-4-10(3)14-12-6-5-11(8-13)7-9(12)2/h5-7,10H,4H2,1-3H3. The first kappa shape index (κ1) is 10.6. The molecule has 0 fully saturated rings. The van der Waals surface area contributed by atoms with E-state index in [-0.39, 0.29) is 6.10 Å². The van der Waals surface area contributed by atoms with E-state index in [9.17, 15) is 0 Å². The van der Waals surface area contributed by atoms with Gasteiger partial charge in [0.25, 0.3) is 0 Å². The van der Waals surface area contributed by atoms with Gasteiger partial charge in [-0.2, -0.15) is 5.26 Å². The Bertz CT molecular complexity index is 352. The summed E-state index contributed by atoms with van der Waals surface area (Å²) in [4.78, 5) is 0. The van der Waals surface area contributed by atoms with Gasteiger partial charge in [-0.25, -0.2) is 0 Å². The molecule has 14 heavy (non-hydrogen) atoms. The molecule has 0 aromatic heterocycles. The molecule has 1 rings (SSSR count). The Morgan fingerprint density at radius 1 is 1.50 bits per heavy atom. The highest BCUT2D eigenvalue weighted by molar-refractivity contribution is 5.41. The van der Waals surface area contributed by atoms with Crippen LogP contribution in [0.2, 0.25) is 0 Å². The molecule has 0 spiro atoms. The predicted octanol–water partition coefficient (Wildman–Crippen LogP) is 3.04. The topological polar surface area (TPSA) is 33.0 Å². The van der Waals surface area contributed by atoms with Gasteiger partial charge in [-0.05, 0) is 44.0 Å². The minimum atomic E-state index is 0.224. The van der Waals surface area contributed by atoms with E-state index in [1.807, 2.05) is 26.0 Å². The molecule has 1 unspecified atom stereocenters. The van der Waals surface area contributed by atoms with Crippen LogP contribution in [-0.4, -0.2) is 6.10 Å². The number of hydrogen-bond acceptors (Lipinski definition) is 2. The maximum Gasteiger partial charge on any atom is 0.122 e. The molecule has 0 N–H and O–H groups in total. The molecule has 0 saturated heterocycles. The summed E-state index contributed by atoms with van der Waals surface area (Å²) in [6.45, 7) is 6.08. The van der Waals surface area contributed by atoms with Crippen LogP contribution >= 0.6 is 0 Å². The van der Waals surface area contributed by atoms with Crippen LogP contribution in [0, 0.1) is 18.3 Å². The summed E-state index contributed by atoms with van der Waals surface area (Å²) >= 11 is 0. The second kappa shape index (κ2) is 4.66. The van der Waals surface area contributed by atoms with Gasteiger partial charge in [-0.1, -0.05) is 6.92 Å². The van der Waals surface area contributed by atoms with Crippen molar-refractivity contribution < 1.29 is 4.74 Å². The lowest BCUT2D eigenvalue weighted by Crippen LogP contribution is -2.10. The fourth-order valence-corrected chi connectivity index (χ4v) is 1.15. The lowest BCUT2D eigenvalue weighted by Gasteiger charge is -2.14. The summed E-state index contributed by atoms with van der Waals surface area (Å²) in [5.74, 6) is 0.873. The summed E-state index contributed by atoms with van der Waals surface area (Å²) in [7, 11) is 0. The van der Waals surface area contributed by atoms with Gasteiger partial charge in [0.1, 0.15) is 5.75 Å². The molecular formula is C12H15NO. The summed E-state index contributed by atoms with van der Waals surface area (Å²) < 4.78 is 5.68. The minimum Gasteiger partial charge on any atom is -0.490 e. The molecular weight excluding hydrogens is 174 g/mol. The summed E-state index contributed by atoms with van der Waals surface area (Å²) in [5.41, 5.74) is 1.70. The number of rotatable bonds is 3. The Morgan fingerprint density at radius 3 is 2.71 bits per heavy atom. The summed E-state index contributed by atoms with van der Waals surface area (Å²) in [6.07, 6.45) is 1.21. The largest absolute Gasteiger partial charge is 0.490 e. The zero-order valence-corrected chi connectivity index (χ0v) is 8.87. The lowest BCUT2D eigenvalue weighted by molar-refractivity contribution is 0.216. The number of aryl methyl sites for hydroxylation is 1. The molecule has 0 bridgehead atoms. The van der Waals surface area contributed by atoms with E-state index in [2.05, 4.69) is 13.0 Å². The lowest BCUT2D eigenvalue weighted by atomic mass is 10.1. The molecule has 0 radical (unpaired) electrons. The smallest absolute Gasteiger partial charge is 0.122 e. The van der Waals surface area contributed by atoms with Gasteiger partial charge in [-0.3, -0.25) is 0 Å². The number of nitrogens with zero attached hydrogens (tertiary/aromatic N) is 1. The normalized spacial score (nSPS) is 11.9.